The van der Waals surface area contributed by atoms with Crippen LogP contribution >= 0.6 is 0 Å². The first-order valence-corrected chi connectivity index (χ1v) is 7.21. The highest BCUT2D eigenvalue weighted by Gasteiger charge is 2.24. The van der Waals surface area contributed by atoms with Crippen LogP contribution in [0.3, 0.4) is 0 Å². The summed E-state index contributed by atoms with van der Waals surface area (Å²) in [6.45, 7) is 0.498. The zero-order valence-corrected chi connectivity index (χ0v) is 12.1. The summed E-state index contributed by atoms with van der Waals surface area (Å²) >= 11 is 0. The Labute approximate surface area is 128 Å². The van der Waals surface area contributed by atoms with Crippen molar-refractivity contribution >= 4 is 11.6 Å². The molecule has 1 aliphatic heterocycles. The quantitative estimate of drug-likeness (QED) is 0.871. The van der Waals surface area contributed by atoms with Crippen LogP contribution in [0.2, 0.25) is 0 Å². The topological polar surface area (TPSA) is 44.1 Å². The van der Waals surface area contributed by atoms with Crippen LogP contribution < -0.4 is 4.90 Å². The van der Waals surface area contributed by atoms with E-state index in [1.54, 1.807) is 17.0 Å². The Bertz CT molecular complexity index is 747. The molecular weight excluding hydrogens is 279 g/mol. The van der Waals surface area contributed by atoms with E-state index in [1.807, 2.05) is 18.2 Å². The summed E-state index contributed by atoms with van der Waals surface area (Å²) in [6.07, 6.45) is 1.53. The molecule has 0 N–H and O–H groups in total. The lowest BCUT2D eigenvalue weighted by Crippen LogP contribution is -2.36. The zero-order valence-electron chi connectivity index (χ0n) is 12.1. The molecule has 0 atom stereocenters. The first kappa shape index (κ1) is 14.3. The van der Waals surface area contributed by atoms with Gasteiger partial charge < -0.3 is 4.90 Å². The molecule has 3 nitrogen and oxygen atoms in total. The van der Waals surface area contributed by atoms with Gasteiger partial charge in [0, 0.05) is 12.1 Å². The molecule has 2 aromatic carbocycles. The lowest BCUT2D eigenvalue weighted by Gasteiger charge is -2.29. The fourth-order valence-electron chi connectivity index (χ4n) is 2.73. The Kier molecular flexibility index (Phi) is 3.88. The van der Waals surface area contributed by atoms with Crippen LogP contribution in [0.4, 0.5) is 10.1 Å². The van der Waals surface area contributed by atoms with E-state index in [2.05, 4.69) is 6.07 Å². The number of hydrogen-bond donors (Lipinski definition) is 0. The van der Waals surface area contributed by atoms with Crippen molar-refractivity contribution in [2.75, 3.05) is 4.90 Å². The zero-order chi connectivity index (χ0) is 15.5. The Balaban J connectivity index is 1.85. The second-order valence-corrected chi connectivity index (χ2v) is 5.39. The van der Waals surface area contributed by atoms with Crippen LogP contribution in [-0.2, 0) is 24.2 Å². The second-order valence-electron chi connectivity index (χ2n) is 5.39. The van der Waals surface area contributed by atoms with Gasteiger partial charge in [0.25, 0.3) is 0 Å². The number of amides is 1. The van der Waals surface area contributed by atoms with Gasteiger partial charge in [0.2, 0.25) is 5.91 Å². The van der Waals surface area contributed by atoms with Crippen LogP contribution in [0.25, 0.3) is 0 Å². The molecule has 22 heavy (non-hydrogen) atoms. The highest BCUT2D eigenvalue weighted by atomic mass is 19.1. The Morgan fingerprint density at radius 2 is 1.91 bits per heavy atom. The van der Waals surface area contributed by atoms with E-state index in [1.165, 1.54) is 12.1 Å². The van der Waals surface area contributed by atoms with Gasteiger partial charge in [0.1, 0.15) is 5.82 Å². The molecule has 1 aliphatic rings. The number of nitrogens with zero attached hydrogens (tertiary/aromatic N) is 2. The molecule has 110 valence electrons. The molecule has 0 unspecified atom stereocenters. The molecule has 0 bridgehead atoms. The van der Waals surface area contributed by atoms with Crippen molar-refractivity contribution in [3.8, 4) is 6.07 Å². The van der Waals surface area contributed by atoms with E-state index in [0.29, 0.717) is 31.5 Å². The molecule has 1 amide bonds. The average Bonchev–Trinajstić information content (AvgIpc) is 2.53. The van der Waals surface area contributed by atoms with Crippen molar-refractivity contribution < 1.29 is 9.18 Å². The highest BCUT2D eigenvalue weighted by Crippen LogP contribution is 2.26. The largest absolute Gasteiger partial charge is 0.308 e. The van der Waals surface area contributed by atoms with Gasteiger partial charge >= 0.3 is 0 Å². The number of carbonyl (C=O) groups is 1. The molecule has 2 aromatic rings. The summed E-state index contributed by atoms with van der Waals surface area (Å²) in [7, 11) is 0. The molecule has 0 aliphatic carbocycles. The van der Waals surface area contributed by atoms with Crippen molar-refractivity contribution in [1.82, 2.24) is 0 Å². The summed E-state index contributed by atoms with van der Waals surface area (Å²) in [5.74, 6) is -0.299. The van der Waals surface area contributed by atoms with Gasteiger partial charge in [-0.2, -0.15) is 5.26 Å². The lowest BCUT2D eigenvalue weighted by atomic mass is 9.95. The number of anilines is 1. The maximum Gasteiger partial charge on any atom is 0.231 e. The predicted molar refractivity (Wildman–Crippen MR) is 81.7 cm³/mol. The van der Waals surface area contributed by atoms with Crippen LogP contribution in [0.1, 0.15) is 23.1 Å². The van der Waals surface area contributed by atoms with Gasteiger partial charge in [-0.15, -0.1) is 0 Å². The van der Waals surface area contributed by atoms with Gasteiger partial charge in [-0.25, -0.2) is 4.39 Å². The van der Waals surface area contributed by atoms with Crippen molar-refractivity contribution in [2.24, 2.45) is 0 Å². The molecule has 4 heteroatoms. The lowest BCUT2D eigenvalue weighted by molar-refractivity contribution is -0.118. The maximum absolute atomic E-state index is 13.0. The number of rotatable bonds is 3. The van der Waals surface area contributed by atoms with Gasteiger partial charge in [-0.1, -0.05) is 18.2 Å². The molecule has 0 aromatic heterocycles. The van der Waals surface area contributed by atoms with E-state index >= 15 is 0 Å². The minimum atomic E-state index is -0.309. The van der Waals surface area contributed by atoms with Crippen molar-refractivity contribution in [2.45, 2.75) is 25.8 Å². The molecule has 3 rings (SSSR count). The van der Waals surface area contributed by atoms with Crippen molar-refractivity contribution in [3.05, 3.63) is 65.0 Å². The fraction of sp³-hybridized carbons (Fsp3) is 0.222. The minimum absolute atomic E-state index is 0.0107. The number of aryl methyl sites for hydroxylation is 1. The van der Waals surface area contributed by atoms with Gasteiger partial charge in [0.15, 0.2) is 0 Å². The smallest absolute Gasteiger partial charge is 0.231 e. The first-order chi connectivity index (χ1) is 10.7. The van der Waals surface area contributed by atoms with E-state index < -0.39 is 0 Å². The molecule has 0 spiro atoms. The van der Waals surface area contributed by atoms with E-state index in [-0.39, 0.29) is 11.7 Å². The van der Waals surface area contributed by atoms with Crippen molar-refractivity contribution in [1.29, 1.82) is 5.26 Å². The van der Waals surface area contributed by atoms with E-state index in [0.717, 1.165) is 16.7 Å². The summed E-state index contributed by atoms with van der Waals surface area (Å²) in [5, 5.41) is 8.65. The number of fused-ring (bicyclic) bond motifs is 1. The molecule has 0 fully saturated rings. The third-order valence-electron chi connectivity index (χ3n) is 3.91. The SMILES string of the molecule is N#CCCc1ccc2c(c1)CC(=O)N(c1ccc(F)cc1)C2. The molecule has 1 heterocycles. The van der Waals surface area contributed by atoms with Crippen LogP contribution in [0.5, 0.6) is 0 Å². The van der Waals surface area contributed by atoms with E-state index in [4.69, 9.17) is 5.26 Å². The number of benzene rings is 2. The Morgan fingerprint density at radius 1 is 1.14 bits per heavy atom. The summed E-state index contributed by atoms with van der Waals surface area (Å²) < 4.78 is 13.0. The van der Waals surface area contributed by atoms with Gasteiger partial charge in [0.05, 0.1) is 19.0 Å². The summed E-state index contributed by atoms with van der Waals surface area (Å²) in [5.41, 5.74) is 3.93. The van der Waals surface area contributed by atoms with Crippen LogP contribution in [-0.4, -0.2) is 5.91 Å². The minimum Gasteiger partial charge on any atom is -0.308 e. The van der Waals surface area contributed by atoms with Gasteiger partial charge in [-0.05, 0) is 47.4 Å². The number of carbonyl (C=O) groups excluding carboxylic acids is 1. The fourth-order valence-corrected chi connectivity index (χ4v) is 2.73. The Hall–Kier alpha value is -2.67. The summed E-state index contributed by atoms with van der Waals surface area (Å²) in [4.78, 5) is 14.0. The number of hydrogen-bond acceptors (Lipinski definition) is 2. The second kappa shape index (κ2) is 5.98. The normalized spacial score (nSPS) is 13.6. The number of nitriles is 1. The third kappa shape index (κ3) is 2.84. The highest BCUT2D eigenvalue weighted by molar-refractivity contribution is 5.96. The number of halogens is 1. The molecule has 0 saturated heterocycles. The first-order valence-electron chi connectivity index (χ1n) is 7.21. The average molecular weight is 294 g/mol. The van der Waals surface area contributed by atoms with Crippen LogP contribution in [0, 0.1) is 17.1 Å². The molecular formula is C18H15FN2O. The maximum atomic E-state index is 13.0. The molecule has 0 saturated carbocycles. The third-order valence-corrected chi connectivity index (χ3v) is 3.91. The standard InChI is InChI=1S/C18H15FN2O/c19-16-5-7-17(8-6-16)21-12-14-4-3-13(2-1-9-20)10-15(14)11-18(21)22/h3-8,10H,1-2,11-12H2. The van der Waals surface area contributed by atoms with E-state index in [9.17, 15) is 9.18 Å². The molecule has 0 radical (unpaired) electrons. The monoisotopic (exact) mass is 294 g/mol. The Morgan fingerprint density at radius 3 is 2.64 bits per heavy atom. The van der Waals surface area contributed by atoms with Crippen molar-refractivity contribution in [3.63, 3.8) is 0 Å². The van der Waals surface area contributed by atoms with Crippen LogP contribution in [0.15, 0.2) is 42.5 Å². The van der Waals surface area contributed by atoms with Gasteiger partial charge in [-0.3, -0.25) is 4.79 Å². The predicted octanol–water partition coefficient (Wildman–Crippen LogP) is 3.37. The summed E-state index contributed by atoms with van der Waals surface area (Å²) in [6, 6.07) is 14.2.